The molecule has 19 heavy (non-hydrogen) atoms. The number of hydrogen-bond donors (Lipinski definition) is 2. The van der Waals surface area contributed by atoms with Crippen molar-refractivity contribution < 1.29 is 9.53 Å². The summed E-state index contributed by atoms with van der Waals surface area (Å²) in [4.78, 5) is 11.5. The van der Waals surface area contributed by atoms with Crippen LogP contribution in [-0.2, 0) is 16.0 Å². The van der Waals surface area contributed by atoms with Gasteiger partial charge in [-0.05, 0) is 37.5 Å². The maximum absolute atomic E-state index is 11.5. The molecule has 0 aromatic heterocycles. The molecule has 104 valence electrons. The molecule has 1 unspecified atom stereocenters. The van der Waals surface area contributed by atoms with Crippen molar-refractivity contribution >= 4 is 11.6 Å². The van der Waals surface area contributed by atoms with Gasteiger partial charge in [0, 0.05) is 25.4 Å². The van der Waals surface area contributed by atoms with Gasteiger partial charge in [0.05, 0.1) is 12.5 Å². The van der Waals surface area contributed by atoms with E-state index in [0.717, 1.165) is 37.2 Å². The zero-order valence-corrected chi connectivity index (χ0v) is 11.4. The summed E-state index contributed by atoms with van der Waals surface area (Å²) in [6.07, 6.45) is 3.09. The van der Waals surface area contributed by atoms with Gasteiger partial charge in [0.1, 0.15) is 0 Å². The van der Waals surface area contributed by atoms with Gasteiger partial charge in [0.2, 0.25) is 5.91 Å². The normalized spacial score (nSPS) is 18.3. The summed E-state index contributed by atoms with van der Waals surface area (Å²) < 4.78 is 5.56. The lowest BCUT2D eigenvalue weighted by atomic mass is 10.1. The SMILES string of the molecule is CCNC(=O)Cc1ccc(NCC2CCCO2)cc1. The Labute approximate surface area is 114 Å². The first-order valence-corrected chi connectivity index (χ1v) is 6.99. The number of carbonyl (C=O) groups excluding carboxylic acids is 1. The highest BCUT2D eigenvalue weighted by molar-refractivity contribution is 5.78. The summed E-state index contributed by atoms with van der Waals surface area (Å²) in [5.74, 6) is 0.0718. The molecule has 1 fully saturated rings. The second-order valence-corrected chi connectivity index (χ2v) is 4.84. The minimum atomic E-state index is 0.0718. The molecule has 4 nitrogen and oxygen atoms in total. The Morgan fingerprint density at radius 2 is 2.16 bits per heavy atom. The number of rotatable bonds is 6. The molecule has 1 aliphatic rings. The van der Waals surface area contributed by atoms with Crippen LogP contribution in [0.5, 0.6) is 0 Å². The number of ether oxygens (including phenoxy) is 1. The number of amides is 1. The van der Waals surface area contributed by atoms with Gasteiger partial charge in [0.25, 0.3) is 0 Å². The van der Waals surface area contributed by atoms with Crippen LogP contribution in [0.3, 0.4) is 0 Å². The molecule has 2 rings (SSSR count). The zero-order valence-electron chi connectivity index (χ0n) is 11.4. The van der Waals surface area contributed by atoms with E-state index in [1.807, 2.05) is 31.2 Å². The molecule has 1 heterocycles. The first kappa shape index (κ1) is 13.9. The van der Waals surface area contributed by atoms with E-state index in [4.69, 9.17) is 4.74 Å². The van der Waals surface area contributed by atoms with Gasteiger partial charge in [0.15, 0.2) is 0 Å². The lowest BCUT2D eigenvalue weighted by molar-refractivity contribution is -0.120. The lowest BCUT2D eigenvalue weighted by Crippen LogP contribution is -2.24. The summed E-state index contributed by atoms with van der Waals surface area (Å²) in [7, 11) is 0. The highest BCUT2D eigenvalue weighted by Crippen LogP contribution is 2.14. The minimum absolute atomic E-state index is 0.0718. The summed E-state index contributed by atoms with van der Waals surface area (Å²) in [5.41, 5.74) is 2.11. The lowest BCUT2D eigenvalue weighted by Gasteiger charge is -2.12. The Kier molecular flexibility index (Phi) is 5.21. The average molecular weight is 262 g/mol. The monoisotopic (exact) mass is 262 g/mol. The maximum Gasteiger partial charge on any atom is 0.224 e. The van der Waals surface area contributed by atoms with Gasteiger partial charge in [-0.25, -0.2) is 0 Å². The fraction of sp³-hybridized carbons (Fsp3) is 0.533. The topological polar surface area (TPSA) is 50.4 Å². The molecule has 1 aliphatic heterocycles. The summed E-state index contributed by atoms with van der Waals surface area (Å²) in [6.45, 7) is 4.35. The van der Waals surface area contributed by atoms with Gasteiger partial charge >= 0.3 is 0 Å². The van der Waals surface area contributed by atoms with Crippen LogP contribution in [0.1, 0.15) is 25.3 Å². The van der Waals surface area contributed by atoms with Crippen LogP contribution in [0.2, 0.25) is 0 Å². The van der Waals surface area contributed by atoms with Crippen molar-refractivity contribution in [2.45, 2.75) is 32.3 Å². The Balaban J connectivity index is 1.78. The Hall–Kier alpha value is -1.55. The second-order valence-electron chi connectivity index (χ2n) is 4.84. The van der Waals surface area contributed by atoms with Crippen LogP contribution >= 0.6 is 0 Å². The third kappa shape index (κ3) is 4.56. The fourth-order valence-electron chi connectivity index (χ4n) is 2.22. The molecular weight excluding hydrogens is 240 g/mol. The van der Waals surface area contributed by atoms with Gasteiger partial charge in [-0.1, -0.05) is 12.1 Å². The molecule has 0 radical (unpaired) electrons. The van der Waals surface area contributed by atoms with Crippen LogP contribution in [0.25, 0.3) is 0 Å². The van der Waals surface area contributed by atoms with Gasteiger partial charge in [-0.15, -0.1) is 0 Å². The van der Waals surface area contributed by atoms with Crippen molar-refractivity contribution in [2.75, 3.05) is 25.0 Å². The van der Waals surface area contributed by atoms with E-state index >= 15 is 0 Å². The van der Waals surface area contributed by atoms with E-state index in [9.17, 15) is 4.79 Å². The van der Waals surface area contributed by atoms with Gasteiger partial charge < -0.3 is 15.4 Å². The Morgan fingerprint density at radius 3 is 2.79 bits per heavy atom. The van der Waals surface area contributed by atoms with Crippen molar-refractivity contribution in [3.8, 4) is 0 Å². The predicted octanol–water partition coefficient (Wildman–Crippen LogP) is 1.96. The third-order valence-electron chi connectivity index (χ3n) is 3.25. The smallest absolute Gasteiger partial charge is 0.224 e. The Morgan fingerprint density at radius 1 is 1.37 bits per heavy atom. The molecule has 1 saturated heterocycles. The number of nitrogens with one attached hydrogen (secondary N) is 2. The number of likely N-dealkylation sites (N-methyl/N-ethyl adjacent to an activating group) is 1. The number of carbonyl (C=O) groups is 1. The molecule has 1 amide bonds. The summed E-state index contributed by atoms with van der Waals surface area (Å²) in [5, 5.41) is 6.17. The van der Waals surface area contributed by atoms with E-state index < -0.39 is 0 Å². The summed E-state index contributed by atoms with van der Waals surface area (Å²) in [6, 6.07) is 8.02. The maximum atomic E-state index is 11.5. The minimum Gasteiger partial charge on any atom is -0.382 e. The van der Waals surface area contributed by atoms with Gasteiger partial charge in [-0.3, -0.25) is 4.79 Å². The molecule has 0 spiro atoms. The Bertz CT molecular complexity index is 397. The second kappa shape index (κ2) is 7.14. The highest BCUT2D eigenvalue weighted by atomic mass is 16.5. The summed E-state index contributed by atoms with van der Waals surface area (Å²) >= 11 is 0. The highest BCUT2D eigenvalue weighted by Gasteiger charge is 2.14. The van der Waals surface area contributed by atoms with Crippen molar-refractivity contribution in [1.29, 1.82) is 0 Å². The van der Waals surface area contributed by atoms with Crippen LogP contribution in [0, 0.1) is 0 Å². The number of hydrogen-bond acceptors (Lipinski definition) is 3. The zero-order chi connectivity index (χ0) is 13.5. The number of benzene rings is 1. The molecule has 0 saturated carbocycles. The molecule has 1 aromatic carbocycles. The van der Waals surface area contributed by atoms with Crippen molar-refractivity contribution in [3.05, 3.63) is 29.8 Å². The van der Waals surface area contributed by atoms with Crippen LogP contribution < -0.4 is 10.6 Å². The van der Waals surface area contributed by atoms with Crippen LogP contribution in [-0.4, -0.2) is 31.7 Å². The largest absolute Gasteiger partial charge is 0.382 e. The molecule has 0 bridgehead atoms. The first-order valence-electron chi connectivity index (χ1n) is 6.99. The van der Waals surface area contributed by atoms with E-state index in [1.54, 1.807) is 0 Å². The average Bonchev–Trinajstić information content (AvgIpc) is 2.91. The predicted molar refractivity (Wildman–Crippen MR) is 76.3 cm³/mol. The van der Waals surface area contributed by atoms with E-state index in [-0.39, 0.29) is 5.91 Å². The van der Waals surface area contributed by atoms with Crippen molar-refractivity contribution in [1.82, 2.24) is 5.32 Å². The standard InChI is InChI=1S/C15H22N2O2/c1-2-16-15(18)10-12-5-7-13(8-6-12)17-11-14-4-3-9-19-14/h5-8,14,17H,2-4,9-11H2,1H3,(H,16,18). The first-order chi connectivity index (χ1) is 9.28. The van der Waals surface area contributed by atoms with Gasteiger partial charge in [-0.2, -0.15) is 0 Å². The van der Waals surface area contributed by atoms with Crippen LogP contribution in [0.15, 0.2) is 24.3 Å². The molecule has 1 aromatic rings. The third-order valence-corrected chi connectivity index (χ3v) is 3.25. The van der Waals surface area contributed by atoms with E-state index in [1.165, 1.54) is 0 Å². The molecule has 1 atom stereocenters. The van der Waals surface area contributed by atoms with Crippen molar-refractivity contribution in [2.24, 2.45) is 0 Å². The van der Waals surface area contributed by atoms with E-state index in [2.05, 4.69) is 10.6 Å². The van der Waals surface area contributed by atoms with Crippen molar-refractivity contribution in [3.63, 3.8) is 0 Å². The quantitative estimate of drug-likeness (QED) is 0.824. The molecule has 2 N–H and O–H groups in total. The molecular formula is C15H22N2O2. The fourth-order valence-corrected chi connectivity index (χ4v) is 2.22. The molecule has 0 aliphatic carbocycles. The van der Waals surface area contributed by atoms with Crippen LogP contribution in [0.4, 0.5) is 5.69 Å². The molecule has 4 heteroatoms. The van der Waals surface area contributed by atoms with E-state index in [0.29, 0.717) is 19.1 Å². The number of anilines is 1.